The van der Waals surface area contributed by atoms with E-state index in [9.17, 15) is 4.79 Å². The molecule has 0 spiro atoms. The Morgan fingerprint density at radius 1 is 1.00 bits per heavy atom. The number of amides is 1. The molecule has 1 atom stereocenters. The van der Waals surface area contributed by atoms with E-state index in [1.165, 1.54) is 12.8 Å². The summed E-state index contributed by atoms with van der Waals surface area (Å²) in [4.78, 5) is 25.9. The van der Waals surface area contributed by atoms with E-state index in [0.29, 0.717) is 12.3 Å². The lowest BCUT2D eigenvalue weighted by molar-refractivity contribution is -0.118. The van der Waals surface area contributed by atoms with Gasteiger partial charge in [-0.05, 0) is 43.7 Å². The van der Waals surface area contributed by atoms with Gasteiger partial charge in [-0.15, -0.1) is 0 Å². The topological polar surface area (TPSA) is 75.4 Å². The second-order valence-corrected chi connectivity index (χ2v) is 7.18. The van der Waals surface area contributed by atoms with Gasteiger partial charge in [0.2, 0.25) is 5.91 Å². The highest BCUT2D eigenvalue weighted by molar-refractivity contribution is 5.81. The quantitative estimate of drug-likeness (QED) is 0.925. The molecular formula is C19H25N5O. The minimum atomic E-state index is -0.212. The van der Waals surface area contributed by atoms with Gasteiger partial charge in [-0.1, -0.05) is 12.1 Å². The Labute approximate surface area is 148 Å². The number of para-hydroxylation sites is 2. The number of nitrogens with two attached hydrogens (primary N) is 1. The number of carbonyl (C=O) groups excluding carboxylic acids is 1. The summed E-state index contributed by atoms with van der Waals surface area (Å²) in [7, 11) is 0. The van der Waals surface area contributed by atoms with Crippen molar-refractivity contribution in [3.05, 3.63) is 24.3 Å². The summed E-state index contributed by atoms with van der Waals surface area (Å²) < 4.78 is 0. The van der Waals surface area contributed by atoms with Crippen molar-refractivity contribution in [2.75, 3.05) is 36.0 Å². The molecule has 0 unspecified atom stereocenters. The number of hydrogen-bond donors (Lipinski definition) is 1. The van der Waals surface area contributed by atoms with Crippen LogP contribution in [0, 0.1) is 5.92 Å². The zero-order valence-corrected chi connectivity index (χ0v) is 14.5. The molecule has 2 fully saturated rings. The fourth-order valence-corrected chi connectivity index (χ4v) is 4.04. The number of nitrogens with zero attached hydrogens (tertiary/aromatic N) is 4. The van der Waals surface area contributed by atoms with Gasteiger partial charge in [0.1, 0.15) is 0 Å². The zero-order chi connectivity index (χ0) is 17.2. The largest absolute Gasteiger partial charge is 0.370 e. The first-order valence-corrected chi connectivity index (χ1v) is 9.25. The average molecular weight is 339 g/mol. The highest BCUT2D eigenvalue weighted by Crippen LogP contribution is 2.33. The Balaban J connectivity index is 1.71. The highest BCUT2D eigenvalue weighted by Gasteiger charge is 2.27. The van der Waals surface area contributed by atoms with Crippen LogP contribution in [0.2, 0.25) is 0 Å². The number of carbonyl (C=O) groups is 1. The number of aromatic nitrogens is 2. The molecule has 2 aliphatic heterocycles. The number of hydrogen-bond acceptors (Lipinski definition) is 5. The molecule has 4 rings (SSSR count). The number of piperidine rings is 1. The lowest BCUT2D eigenvalue weighted by Gasteiger charge is -2.35. The molecule has 1 amide bonds. The number of primary amides is 1. The van der Waals surface area contributed by atoms with Crippen LogP contribution in [0.4, 0.5) is 11.6 Å². The van der Waals surface area contributed by atoms with Crippen LogP contribution in [0.25, 0.3) is 11.0 Å². The van der Waals surface area contributed by atoms with Crippen LogP contribution in [0.1, 0.15) is 32.1 Å². The monoisotopic (exact) mass is 339 g/mol. The molecule has 1 aromatic heterocycles. The Bertz CT molecular complexity index is 771. The van der Waals surface area contributed by atoms with Crippen LogP contribution >= 0.6 is 0 Å². The third-order valence-electron chi connectivity index (χ3n) is 5.25. The molecule has 3 heterocycles. The Morgan fingerprint density at radius 3 is 2.24 bits per heavy atom. The minimum absolute atomic E-state index is 0.212. The molecular weight excluding hydrogens is 314 g/mol. The summed E-state index contributed by atoms with van der Waals surface area (Å²) in [6.45, 7) is 3.87. The first-order valence-electron chi connectivity index (χ1n) is 9.25. The number of benzene rings is 1. The molecule has 6 heteroatoms. The predicted molar refractivity (Wildman–Crippen MR) is 99.7 cm³/mol. The van der Waals surface area contributed by atoms with Gasteiger partial charge in [0.15, 0.2) is 11.6 Å². The maximum atomic E-state index is 11.3. The first kappa shape index (κ1) is 16.1. The Hall–Kier alpha value is -2.37. The van der Waals surface area contributed by atoms with Gasteiger partial charge in [-0.25, -0.2) is 9.97 Å². The van der Waals surface area contributed by atoms with E-state index in [2.05, 4.69) is 9.80 Å². The Kier molecular flexibility index (Phi) is 4.42. The highest BCUT2D eigenvalue weighted by atomic mass is 16.1. The summed E-state index contributed by atoms with van der Waals surface area (Å²) in [6.07, 6.45) is 4.98. The van der Waals surface area contributed by atoms with Gasteiger partial charge in [-0.2, -0.15) is 0 Å². The standard InChI is InChI=1S/C19H25N5O/c20-17(25)12-14-6-5-11-24(13-14)19-18(23-9-3-4-10-23)21-15-7-1-2-8-16(15)22-19/h1-2,7-8,14H,3-6,9-13H2,(H2,20,25)/t14-/m0/s1. The normalized spacial score (nSPS) is 21.0. The van der Waals surface area contributed by atoms with Gasteiger partial charge in [0, 0.05) is 32.6 Å². The number of fused-ring (bicyclic) bond motifs is 1. The number of anilines is 2. The summed E-state index contributed by atoms with van der Waals surface area (Å²) in [6, 6.07) is 8.05. The molecule has 0 radical (unpaired) electrons. The first-order chi connectivity index (χ1) is 12.2. The van der Waals surface area contributed by atoms with Gasteiger partial charge in [0.05, 0.1) is 11.0 Å². The maximum Gasteiger partial charge on any atom is 0.217 e. The molecule has 0 aliphatic carbocycles. The zero-order valence-electron chi connectivity index (χ0n) is 14.5. The summed E-state index contributed by atoms with van der Waals surface area (Å²) in [5.41, 5.74) is 7.29. The Morgan fingerprint density at radius 2 is 1.60 bits per heavy atom. The second kappa shape index (κ2) is 6.86. The van der Waals surface area contributed by atoms with E-state index in [0.717, 1.165) is 61.7 Å². The third kappa shape index (κ3) is 3.38. The van der Waals surface area contributed by atoms with E-state index in [1.54, 1.807) is 0 Å². The van der Waals surface area contributed by atoms with E-state index < -0.39 is 0 Å². The molecule has 1 aromatic carbocycles. The van der Waals surface area contributed by atoms with E-state index in [4.69, 9.17) is 15.7 Å². The lowest BCUT2D eigenvalue weighted by Crippen LogP contribution is -2.38. The van der Waals surface area contributed by atoms with E-state index in [1.807, 2.05) is 24.3 Å². The van der Waals surface area contributed by atoms with Crippen molar-refractivity contribution in [3.8, 4) is 0 Å². The maximum absolute atomic E-state index is 11.3. The van der Waals surface area contributed by atoms with Crippen LogP contribution in [-0.4, -0.2) is 42.1 Å². The van der Waals surface area contributed by atoms with Crippen LogP contribution in [0.5, 0.6) is 0 Å². The van der Waals surface area contributed by atoms with E-state index in [-0.39, 0.29) is 5.91 Å². The molecule has 2 saturated heterocycles. The van der Waals surface area contributed by atoms with Crippen LogP contribution in [0.3, 0.4) is 0 Å². The van der Waals surface area contributed by atoms with Crippen molar-refractivity contribution in [2.24, 2.45) is 11.7 Å². The van der Waals surface area contributed by atoms with Crippen molar-refractivity contribution in [1.82, 2.24) is 9.97 Å². The minimum Gasteiger partial charge on any atom is -0.370 e. The molecule has 6 nitrogen and oxygen atoms in total. The summed E-state index contributed by atoms with van der Waals surface area (Å²) >= 11 is 0. The van der Waals surface area contributed by atoms with Crippen molar-refractivity contribution in [2.45, 2.75) is 32.1 Å². The van der Waals surface area contributed by atoms with Crippen molar-refractivity contribution < 1.29 is 4.79 Å². The van der Waals surface area contributed by atoms with Crippen molar-refractivity contribution >= 4 is 28.6 Å². The van der Waals surface area contributed by atoms with Crippen molar-refractivity contribution in [1.29, 1.82) is 0 Å². The van der Waals surface area contributed by atoms with E-state index >= 15 is 0 Å². The lowest BCUT2D eigenvalue weighted by atomic mass is 9.94. The molecule has 25 heavy (non-hydrogen) atoms. The van der Waals surface area contributed by atoms with Crippen LogP contribution in [0.15, 0.2) is 24.3 Å². The average Bonchev–Trinajstić information content (AvgIpc) is 3.15. The van der Waals surface area contributed by atoms with Crippen molar-refractivity contribution in [3.63, 3.8) is 0 Å². The molecule has 0 bridgehead atoms. The van der Waals surface area contributed by atoms with Gasteiger partial charge < -0.3 is 15.5 Å². The fraction of sp³-hybridized carbons (Fsp3) is 0.526. The van der Waals surface area contributed by atoms with Gasteiger partial charge in [0.25, 0.3) is 0 Å². The van der Waals surface area contributed by atoms with Gasteiger partial charge >= 0.3 is 0 Å². The molecule has 2 aliphatic rings. The SMILES string of the molecule is NC(=O)C[C@@H]1CCCN(c2nc3ccccc3nc2N2CCCC2)C1. The van der Waals surface area contributed by atoms with Gasteiger partial charge in [-0.3, -0.25) is 4.79 Å². The molecule has 0 saturated carbocycles. The van der Waals surface area contributed by atoms with Crippen LogP contribution in [-0.2, 0) is 4.79 Å². The van der Waals surface area contributed by atoms with Crippen LogP contribution < -0.4 is 15.5 Å². The predicted octanol–water partition coefficient (Wildman–Crippen LogP) is 2.32. The fourth-order valence-electron chi connectivity index (χ4n) is 4.04. The molecule has 132 valence electrons. The molecule has 2 N–H and O–H groups in total. The third-order valence-corrected chi connectivity index (χ3v) is 5.25. The number of rotatable bonds is 4. The smallest absolute Gasteiger partial charge is 0.217 e. The summed E-state index contributed by atoms with van der Waals surface area (Å²) in [5, 5.41) is 0. The summed E-state index contributed by atoms with van der Waals surface area (Å²) in [5.74, 6) is 2.06. The second-order valence-electron chi connectivity index (χ2n) is 7.18. The molecule has 2 aromatic rings.